The number of nitrogens with one attached hydrogen (secondary N) is 2. The highest BCUT2D eigenvalue weighted by atomic mass is 79.9. The molecule has 1 aromatic rings. The molecule has 0 saturated carbocycles. The largest absolute Gasteiger partial charge is 0.355 e. The summed E-state index contributed by atoms with van der Waals surface area (Å²) in [6.45, 7) is 4.67. The third-order valence-electron chi connectivity index (χ3n) is 2.59. The first-order chi connectivity index (χ1) is 8.95. The van der Waals surface area contributed by atoms with Crippen LogP contribution in [0.2, 0.25) is 0 Å². The van der Waals surface area contributed by atoms with Crippen LogP contribution in [0.5, 0.6) is 0 Å². The van der Waals surface area contributed by atoms with E-state index in [1.807, 2.05) is 6.92 Å². The number of nitrogens with zero attached hydrogens (tertiary/aromatic N) is 1. The van der Waals surface area contributed by atoms with E-state index in [9.17, 15) is 14.9 Å². The standard InChI is InChI=1S/C12H16BrN3O3/c1-3-14-12(17)8(2)15-7-9-4-5-10(16(18)19)6-11(9)13/h4-6,8,15H,3,7H2,1-2H3,(H,14,17). The van der Waals surface area contributed by atoms with Gasteiger partial charge in [0.1, 0.15) is 0 Å². The highest BCUT2D eigenvalue weighted by molar-refractivity contribution is 9.10. The number of nitro groups is 1. The van der Waals surface area contributed by atoms with Gasteiger partial charge in [-0.15, -0.1) is 0 Å². The van der Waals surface area contributed by atoms with Crippen LogP contribution in [-0.4, -0.2) is 23.4 Å². The zero-order valence-corrected chi connectivity index (χ0v) is 12.4. The van der Waals surface area contributed by atoms with E-state index in [-0.39, 0.29) is 17.6 Å². The predicted octanol–water partition coefficient (Wildman–Crippen LogP) is 1.97. The minimum Gasteiger partial charge on any atom is -0.355 e. The lowest BCUT2D eigenvalue weighted by Gasteiger charge is -2.13. The number of likely N-dealkylation sites (N-methyl/N-ethyl adjacent to an activating group) is 1. The van der Waals surface area contributed by atoms with Crippen LogP contribution in [0.3, 0.4) is 0 Å². The van der Waals surface area contributed by atoms with Gasteiger partial charge in [-0.1, -0.05) is 15.9 Å². The number of benzene rings is 1. The molecule has 6 nitrogen and oxygen atoms in total. The van der Waals surface area contributed by atoms with Gasteiger partial charge in [0, 0.05) is 29.7 Å². The number of hydrogen-bond donors (Lipinski definition) is 2. The van der Waals surface area contributed by atoms with E-state index in [2.05, 4.69) is 26.6 Å². The number of carbonyl (C=O) groups excluding carboxylic acids is 1. The first kappa shape index (κ1) is 15.6. The van der Waals surface area contributed by atoms with Crippen LogP contribution in [0.4, 0.5) is 5.69 Å². The lowest BCUT2D eigenvalue weighted by Crippen LogP contribution is -2.41. The molecule has 7 heteroatoms. The van der Waals surface area contributed by atoms with Crippen LogP contribution in [0.1, 0.15) is 19.4 Å². The molecule has 0 radical (unpaired) electrons. The van der Waals surface area contributed by atoms with Crippen LogP contribution in [0, 0.1) is 10.1 Å². The number of halogens is 1. The van der Waals surface area contributed by atoms with Gasteiger partial charge >= 0.3 is 0 Å². The highest BCUT2D eigenvalue weighted by Gasteiger charge is 2.13. The fourth-order valence-electron chi connectivity index (χ4n) is 1.48. The van der Waals surface area contributed by atoms with E-state index < -0.39 is 4.92 Å². The zero-order chi connectivity index (χ0) is 14.4. The molecule has 104 valence electrons. The van der Waals surface area contributed by atoms with Gasteiger partial charge in [-0.2, -0.15) is 0 Å². The molecule has 0 aromatic heterocycles. The number of rotatable bonds is 6. The van der Waals surface area contributed by atoms with Crippen molar-refractivity contribution in [3.8, 4) is 0 Å². The van der Waals surface area contributed by atoms with E-state index in [1.165, 1.54) is 12.1 Å². The zero-order valence-electron chi connectivity index (χ0n) is 10.8. The molecule has 1 atom stereocenters. The van der Waals surface area contributed by atoms with Gasteiger partial charge in [0.15, 0.2) is 0 Å². The Morgan fingerprint density at radius 3 is 2.74 bits per heavy atom. The van der Waals surface area contributed by atoms with Crippen molar-refractivity contribution in [2.24, 2.45) is 0 Å². The maximum atomic E-state index is 11.5. The molecule has 0 heterocycles. The Morgan fingerprint density at radius 2 is 2.21 bits per heavy atom. The van der Waals surface area contributed by atoms with Gasteiger partial charge in [-0.25, -0.2) is 0 Å². The Balaban J connectivity index is 2.63. The third-order valence-corrected chi connectivity index (χ3v) is 3.33. The molecular weight excluding hydrogens is 314 g/mol. The maximum Gasteiger partial charge on any atom is 0.270 e. The predicted molar refractivity (Wildman–Crippen MR) is 75.8 cm³/mol. The molecule has 19 heavy (non-hydrogen) atoms. The van der Waals surface area contributed by atoms with Crippen molar-refractivity contribution in [1.29, 1.82) is 0 Å². The van der Waals surface area contributed by atoms with Gasteiger partial charge in [-0.05, 0) is 25.5 Å². The monoisotopic (exact) mass is 329 g/mol. The quantitative estimate of drug-likeness (QED) is 0.617. The van der Waals surface area contributed by atoms with E-state index in [0.717, 1.165) is 5.56 Å². The number of amides is 1. The lowest BCUT2D eigenvalue weighted by atomic mass is 10.2. The molecule has 0 aliphatic heterocycles. The second kappa shape index (κ2) is 7.20. The minimum absolute atomic E-state index is 0.0346. The van der Waals surface area contributed by atoms with Gasteiger partial charge in [0.25, 0.3) is 5.69 Å². The van der Waals surface area contributed by atoms with E-state index in [4.69, 9.17) is 0 Å². The Bertz CT molecular complexity index is 479. The van der Waals surface area contributed by atoms with Crippen LogP contribution in [0.15, 0.2) is 22.7 Å². The molecule has 0 saturated heterocycles. The van der Waals surface area contributed by atoms with Crippen LogP contribution >= 0.6 is 15.9 Å². The topological polar surface area (TPSA) is 84.3 Å². The second-order valence-electron chi connectivity index (χ2n) is 4.03. The van der Waals surface area contributed by atoms with Crippen molar-refractivity contribution in [3.05, 3.63) is 38.3 Å². The average molecular weight is 330 g/mol. The van der Waals surface area contributed by atoms with Crippen LogP contribution in [-0.2, 0) is 11.3 Å². The summed E-state index contributed by atoms with van der Waals surface area (Å²) in [6.07, 6.45) is 0. The van der Waals surface area contributed by atoms with E-state index >= 15 is 0 Å². The number of nitro benzene ring substituents is 1. The molecule has 0 bridgehead atoms. The second-order valence-corrected chi connectivity index (χ2v) is 4.88. The smallest absolute Gasteiger partial charge is 0.270 e. The molecule has 0 aliphatic rings. The molecule has 0 spiro atoms. The summed E-state index contributed by atoms with van der Waals surface area (Å²) in [6, 6.07) is 4.24. The Labute approximate surface area is 119 Å². The molecule has 0 aliphatic carbocycles. The van der Waals surface area contributed by atoms with Crippen LogP contribution in [0.25, 0.3) is 0 Å². The van der Waals surface area contributed by atoms with Gasteiger partial charge < -0.3 is 10.6 Å². The fraction of sp³-hybridized carbons (Fsp3) is 0.417. The first-order valence-corrected chi connectivity index (χ1v) is 6.69. The van der Waals surface area contributed by atoms with Gasteiger partial charge in [0.2, 0.25) is 5.91 Å². The number of carbonyl (C=O) groups is 1. The Kier molecular flexibility index (Phi) is 5.91. The summed E-state index contributed by atoms with van der Waals surface area (Å²) in [7, 11) is 0. The summed E-state index contributed by atoms with van der Waals surface area (Å²) in [5, 5.41) is 16.4. The molecular formula is C12H16BrN3O3. The molecule has 1 aromatic carbocycles. The normalized spacial score (nSPS) is 11.9. The summed E-state index contributed by atoms with van der Waals surface area (Å²) in [4.78, 5) is 21.7. The van der Waals surface area contributed by atoms with Crippen molar-refractivity contribution < 1.29 is 9.72 Å². The SMILES string of the molecule is CCNC(=O)C(C)NCc1ccc([N+](=O)[O-])cc1Br. The van der Waals surface area contributed by atoms with Crippen LogP contribution < -0.4 is 10.6 Å². The summed E-state index contributed by atoms with van der Waals surface area (Å²) in [5.74, 6) is -0.0689. The Morgan fingerprint density at radius 1 is 1.53 bits per heavy atom. The van der Waals surface area contributed by atoms with Crippen molar-refractivity contribution in [2.75, 3.05) is 6.54 Å². The van der Waals surface area contributed by atoms with Gasteiger partial charge in [-0.3, -0.25) is 14.9 Å². The first-order valence-electron chi connectivity index (χ1n) is 5.89. The minimum atomic E-state index is -0.445. The van der Waals surface area contributed by atoms with Gasteiger partial charge in [0.05, 0.1) is 11.0 Å². The maximum absolute atomic E-state index is 11.5. The molecule has 0 fully saturated rings. The Hall–Kier alpha value is -1.47. The van der Waals surface area contributed by atoms with Crippen molar-refractivity contribution in [2.45, 2.75) is 26.4 Å². The summed E-state index contributed by atoms with van der Waals surface area (Å²) >= 11 is 3.29. The van der Waals surface area contributed by atoms with Crippen molar-refractivity contribution >= 4 is 27.5 Å². The number of hydrogen-bond acceptors (Lipinski definition) is 4. The summed E-state index contributed by atoms with van der Waals surface area (Å²) < 4.78 is 0.650. The highest BCUT2D eigenvalue weighted by Crippen LogP contribution is 2.22. The van der Waals surface area contributed by atoms with Crippen molar-refractivity contribution in [1.82, 2.24) is 10.6 Å². The molecule has 2 N–H and O–H groups in total. The van der Waals surface area contributed by atoms with E-state index in [1.54, 1.807) is 13.0 Å². The average Bonchev–Trinajstić information content (AvgIpc) is 2.36. The molecule has 1 rings (SSSR count). The number of non-ortho nitro benzene ring substituents is 1. The summed E-state index contributed by atoms with van der Waals surface area (Å²) in [5.41, 5.74) is 0.897. The lowest BCUT2D eigenvalue weighted by molar-refractivity contribution is -0.384. The third kappa shape index (κ3) is 4.60. The molecule has 1 unspecified atom stereocenters. The van der Waals surface area contributed by atoms with Crippen molar-refractivity contribution in [3.63, 3.8) is 0 Å². The molecule has 1 amide bonds. The van der Waals surface area contributed by atoms with E-state index in [0.29, 0.717) is 17.6 Å². The fourth-order valence-corrected chi connectivity index (χ4v) is 1.98.